The third kappa shape index (κ3) is 3.22. The molecule has 2 aromatic rings. The van der Waals surface area contributed by atoms with E-state index in [0.29, 0.717) is 21.3 Å². The summed E-state index contributed by atoms with van der Waals surface area (Å²) in [7, 11) is 0. The van der Waals surface area contributed by atoms with Crippen LogP contribution in [0.1, 0.15) is 21.5 Å². The summed E-state index contributed by atoms with van der Waals surface area (Å²) in [6.07, 6.45) is 0. The molecule has 0 spiro atoms. The maximum absolute atomic E-state index is 12.3. The van der Waals surface area contributed by atoms with Gasteiger partial charge in [-0.25, -0.2) is 0 Å². The van der Waals surface area contributed by atoms with E-state index in [1.165, 1.54) is 0 Å². The molecule has 5 nitrogen and oxygen atoms in total. The molecule has 0 radical (unpaired) electrons. The zero-order valence-corrected chi connectivity index (χ0v) is 12.9. The lowest BCUT2D eigenvalue weighted by atomic mass is 10.1. The van der Waals surface area contributed by atoms with Gasteiger partial charge in [-0.15, -0.1) is 0 Å². The van der Waals surface area contributed by atoms with Gasteiger partial charge in [-0.1, -0.05) is 29.4 Å². The van der Waals surface area contributed by atoms with E-state index in [0.717, 1.165) is 5.56 Å². The molecular weight excluding hydrogens is 334 g/mol. The van der Waals surface area contributed by atoms with Crippen LogP contribution in [0.15, 0.2) is 52.1 Å². The first-order valence-electron chi connectivity index (χ1n) is 6.18. The highest BCUT2D eigenvalue weighted by atomic mass is 79.9. The molecule has 0 aromatic heterocycles. The van der Waals surface area contributed by atoms with Crippen LogP contribution < -0.4 is 11.1 Å². The van der Waals surface area contributed by atoms with Crippen LogP contribution in [0, 0.1) is 6.92 Å². The number of oxime groups is 1. The summed E-state index contributed by atoms with van der Waals surface area (Å²) in [6, 6.07) is 12.4. The molecular formula is C15H14BrN3O2. The van der Waals surface area contributed by atoms with Crippen molar-refractivity contribution in [1.82, 2.24) is 0 Å². The fourth-order valence-electron chi connectivity index (χ4n) is 2.00. The highest BCUT2D eigenvalue weighted by molar-refractivity contribution is 9.10. The molecule has 6 heteroatoms. The first kappa shape index (κ1) is 15.1. The number of hydrogen-bond donors (Lipinski definition) is 3. The molecule has 4 N–H and O–H groups in total. The normalized spacial score (nSPS) is 11.2. The van der Waals surface area contributed by atoms with Gasteiger partial charge in [-0.2, -0.15) is 0 Å². The molecule has 0 aliphatic rings. The Morgan fingerprint density at radius 3 is 2.62 bits per heavy atom. The standard InChI is InChI=1S/C15H14BrN3O2/c1-9-5-4-8-12(13(9)14(17)19-21)18-15(20)10-6-2-3-7-11(10)16/h2-8,21H,1H3,(H2,17,19)(H,18,20). The number of nitrogens with zero attached hydrogens (tertiary/aromatic N) is 1. The SMILES string of the molecule is Cc1cccc(NC(=O)c2ccccc2Br)c1/C(N)=N/O. The summed E-state index contributed by atoms with van der Waals surface area (Å²) in [5.41, 5.74) is 7.98. The number of aryl methyl sites for hydroxylation is 1. The van der Waals surface area contributed by atoms with Crippen molar-refractivity contribution in [1.29, 1.82) is 0 Å². The Morgan fingerprint density at radius 1 is 1.24 bits per heavy atom. The Bertz CT molecular complexity index is 714. The number of hydrogen-bond acceptors (Lipinski definition) is 3. The molecule has 21 heavy (non-hydrogen) atoms. The highest BCUT2D eigenvalue weighted by Crippen LogP contribution is 2.22. The summed E-state index contributed by atoms with van der Waals surface area (Å²) in [5, 5.41) is 14.7. The van der Waals surface area contributed by atoms with Crippen LogP contribution in [0.4, 0.5) is 5.69 Å². The summed E-state index contributed by atoms with van der Waals surface area (Å²) < 4.78 is 0.695. The van der Waals surface area contributed by atoms with E-state index in [9.17, 15) is 4.79 Å². The lowest BCUT2D eigenvalue weighted by molar-refractivity contribution is 0.102. The van der Waals surface area contributed by atoms with Crippen LogP contribution in [-0.4, -0.2) is 17.0 Å². The van der Waals surface area contributed by atoms with Crippen LogP contribution in [0.25, 0.3) is 0 Å². The summed E-state index contributed by atoms with van der Waals surface area (Å²) >= 11 is 3.34. The molecule has 2 aromatic carbocycles. The second-order valence-electron chi connectivity index (χ2n) is 4.42. The second-order valence-corrected chi connectivity index (χ2v) is 5.27. The first-order valence-corrected chi connectivity index (χ1v) is 6.97. The van der Waals surface area contributed by atoms with Crippen molar-refractivity contribution in [2.75, 3.05) is 5.32 Å². The fourth-order valence-corrected chi connectivity index (χ4v) is 2.46. The zero-order valence-electron chi connectivity index (χ0n) is 11.3. The average Bonchev–Trinajstić information content (AvgIpc) is 2.47. The highest BCUT2D eigenvalue weighted by Gasteiger charge is 2.15. The van der Waals surface area contributed by atoms with E-state index in [4.69, 9.17) is 10.9 Å². The number of carbonyl (C=O) groups is 1. The van der Waals surface area contributed by atoms with Gasteiger partial charge in [0, 0.05) is 10.0 Å². The average molecular weight is 348 g/mol. The van der Waals surface area contributed by atoms with Gasteiger partial charge in [0.15, 0.2) is 5.84 Å². The first-order chi connectivity index (χ1) is 10.0. The predicted octanol–water partition coefficient (Wildman–Crippen LogP) is 3.10. The van der Waals surface area contributed by atoms with Crippen LogP contribution in [-0.2, 0) is 0 Å². The number of amides is 1. The Morgan fingerprint density at radius 2 is 1.95 bits per heavy atom. The van der Waals surface area contributed by atoms with Gasteiger partial charge in [-0.05, 0) is 46.6 Å². The Balaban J connectivity index is 2.39. The van der Waals surface area contributed by atoms with Gasteiger partial charge in [0.2, 0.25) is 0 Å². The molecule has 0 saturated heterocycles. The Labute approximate surface area is 130 Å². The molecule has 0 heterocycles. The third-order valence-corrected chi connectivity index (χ3v) is 3.69. The molecule has 2 rings (SSSR count). The fraction of sp³-hybridized carbons (Fsp3) is 0.0667. The zero-order chi connectivity index (χ0) is 15.4. The maximum Gasteiger partial charge on any atom is 0.256 e. The number of nitrogens with one attached hydrogen (secondary N) is 1. The van der Waals surface area contributed by atoms with Crippen LogP contribution >= 0.6 is 15.9 Å². The smallest absolute Gasteiger partial charge is 0.256 e. The topological polar surface area (TPSA) is 87.7 Å². The lowest BCUT2D eigenvalue weighted by Gasteiger charge is -2.13. The molecule has 0 aliphatic heterocycles. The summed E-state index contributed by atoms with van der Waals surface area (Å²) in [4.78, 5) is 12.3. The number of amidine groups is 1. The van der Waals surface area contributed by atoms with Crippen molar-refractivity contribution in [2.45, 2.75) is 6.92 Å². The van der Waals surface area contributed by atoms with Gasteiger partial charge < -0.3 is 16.3 Å². The minimum Gasteiger partial charge on any atom is -0.409 e. The van der Waals surface area contributed by atoms with E-state index in [-0.39, 0.29) is 11.7 Å². The van der Waals surface area contributed by atoms with Crippen molar-refractivity contribution in [2.24, 2.45) is 10.9 Å². The number of carbonyl (C=O) groups excluding carboxylic acids is 1. The van der Waals surface area contributed by atoms with E-state index in [1.54, 1.807) is 30.3 Å². The number of nitrogens with two attached hydrogens (primary N) is 1. The summed E-state index contributed by atoms with van der Waals surface area (Å²) in [6.45, 7) is 1.82. The Kier molecular flexibility index (Phi) is 4.59. The van der Waals surface area contributed by atoms with E-state index < -0.39 is 0 Å². The quantitative estimate of drug-likeness (QED) is 0.345. The van der Waals surface area contributed by atoms with Gasteiger partial charge in [0.05, 0.1) is 11.3 Å². The molecule has 0 atom stereocenters. The maximum atomic E-state index is 12.3. The van der Waals surface area contributed by atoms with Crippen molar-refractivity contribution in [3.63, 3.8) is 0 Å². The molecule has 0 aliphatic carbocycles. The summed E-state index contributed by atoms with van der Waals surface area (Å²) in [5.74, 6) is -0.324. The van der Waals surface area contributed by atoms with Gasteiger partial charge in [-0.3, -0.25) is 4.79 Å². The lowest BCUT2D eigenvalue weighted by Crippen LogP contribution is -2.20. The molecule has 0 bridgehead atoms. The van der Waals surface area contributed by atoms with Crippen LogP contribution in [0.2, 0.25) is 0 Å². The number of rotatable bonds is 3. The van der Waals surface area contributed by atoms with Crippen molar-refractivity contribution in [3.05, 3.63) is 63.6 Å². The Hall–Kier alpha value is -2.34. The van der Waals surface area contributed by atoms with E-state index in [2.05, 4.69) is 26.4 Å². The van der Waals surface area contributed by atoms with Gasteiger partial charge >= 0.3 is 0 Å². The molecule has 108 valence electrons. The monoisotopic (exact) mass is 347 g/mol. The molecule has 0 saturated carbocycles. The number of benzene rings is 2. The van der Waals surface area contributed by atoms with Crippen LogP contribution in [0.5, 0.6) is 0 Å². The molecule has 0 fully saturated rings. The van der Waals surface area contributed by atoms with Gasteiger partial charge in [0.1, 0.15) is 0 Å². The molecule has 1 amide bonds. The second kappa shape index (κ2) is 6.41. The van der Waals surface area contributed by atoms with E-state index >= 15 is 0 Å². The van der Waals surface area contributed by atoms with Crippen molar-refractivity contribution < 1.29 is 10.0 Å². The minimum absolute atomic E-state index is 0.0458. The molecule has 0 unspecified atom stereocenters. The van der Waals surface area contributed by atoms with E-state index in [1.807, 2.05) is 19.1 Å². The minimum atomic E-state index is -0.278. The number of anilines is 1. The predicted molar refractivity (Wildman–Crippen MR) is 85.8 cm³/mol. The largest absolute Gasteiger partial charge is 0.409 e. The number of halogens is 1. The van der Waals surface area contributed by atoms with Crippen molar-refractivity contribution in [3.8, 4) is 0 Å². The van der Waals surface area contributed by atoms with Gasteiger partial charge in [0.25, 0.3) is 5.91 Å². The third-order valence-electron chi connectivity index (χ3n) is 3.00. The van der Waals surface area contributed by atoms with Crippen LogP contribution in [0.3, 0.4) is 0 Å². The van der Waals surface area contributed by atoms with Crippen molar-refractivity contribution >= 4 is 33.4 Å².